The van der Waals surface area contributed by atoms with Gasteiger partial charge in [-0.3, -0.25) is 4.57 Å². The molecule has 0 aliphatic heterocycles. The fourth-order valence-electron chi connectivity index (χ4n) is 1.73. The molecule has 0 aromatic carbocycles. The van der Waals surface area contributed by atoms with E-state index in [1.807, 2.05) is 11.5 Å². The summed E-state index contributed by atoms with van der Waals surface area (Å²) < 4.78 is 6.94. The molecular weight excluding hydrogens is 228 g/mol. The zero-order valence-electron chi connectivity index (χ0n) is 9.14. The minimum Gasteiger partial charge on any atom is -0.383 e. The molecule has 0 bridgehead atoms. The van der Waals surface area contributed by atoms with Crippen LogP contribution < -0.4 is 5.73 Å². The Kier molecular flexibility index (Phi) is 2.98. The fraction of sp³-hybridized carbons (Fsp3) is 0.400. The number of imidazole rings is 1. The Morgan fingerprint density at radius 2 is 2.38 bits per heavy atom. The molecule has 0 saturated heterocycles. The van der Waals surface area contributed by atoms with Crippen molar-refractivity contribution in [3.05, 3.63) is 17.3 Å². The molecule has 0 fully saturated rings. The lowest BCUT2D eigenvalue weighted by atomic mass is 10.3. The lowest BCUT2D eigenvalue weighted by molar-refractivity contribution is 0.164. The van der Waals surface area contributed by atoms with Crippen molar-refractivity contribution in [1.82, 2.24) is 14.5 Å². The third kappa shape index (κ3) is 1.83. The first-order valence-electron chi connectivity index (χ1n) is 4.91. The summed E-state index contributed by atoms with van der Waals surface area (Å²) in [5.74, 6) is 0.425. The SMILES string of the molecule is COCC(C)n1c(N)nc2cc(Cl)cnc21. The number of fused-ring (bicyclic) bond motifs is 1. The highest BCUT2D eigenvalue weighted by Gasteiger charge is 2.14. The van der Waals surface area contributed by atoms with Crippen LogP contribution in [0, 0.1) is 0 Å². The zero-order valence-corrected chi connectivity index (χ0v) is 9.90. The van der Waals surface area contributed by atoms with Crippen molar-refractivity contribution in [2.75, 3.05) is 19.5 Å². The van der Waals surface area contributed by atoms with Crippen LogP contribution in [0.25, 0.3) is 11.2 Å². The molecule has 0 saturated carbocycles. The summed E-state index contributed by atoms with van der Waals surface area (Å²) in [6.45, 7) is 2.55. The average Bonchev–Trinajstić information content (AvgIpc) is 2.53. The van der Waals surface area contributed by atoms with Crippen molar-refractivity contribution < 1.29 is 4.74 Å². The lowest BCUT2D eigenvalue weighted by Crippen LogP contribution is -2.13. The number of methoxy groups -OCH3 is 1. The number of nitrogen functional groups attached to an aromatic ring is 1. The summed E-state index contributed by atoms with van der Waals surface area (Å²) >= 11 is 5.84. The second-order valence-electron chi connectivity index (χ2n) is 3.64. The van der Waals surface area contributed by atoms with Crippen LogP contribution in [0.5, 0.6) is 0 Å². The van der Waals surface area contributed by atoms with E-state index >= 15 is 0 Å². The number of aromatic nitrogens is 3. The van der Waals surface area contributed by atoms with Crippen LogP contribution in [0.1, 0.15) is 13.0 Å². The number of ether oxygens (including phenoxy) is 1. The van der Waals surface area contributed by atoms with Crippen LogP contribution in [-0.4, -0.2) is 28.3 Å². The Bertz CT molecular complexity index is 511. The molecule has 2 rings (SSSR count). The average molecular weight is 241 g/mol. The Morgan fingerprint density at radius 3 is 3.06 bits per heavy atom. The number of nitrogens with two attached hydrogens (primary N) is 1. The van der Waals surface area contributed by atoms with Gasteiger partial charge in [-0.05, 0) is 13.0 Å². The predicted molar refractivity (Wildman–Crippen MR) is 63.5 cm³/mol. The number of nitrogens with zero attached hydrogens (tertiary/aromatic N) is 3. The van der Waals surface area contributed by atoms with Gasteiger partial charge in [-0.2, -0.15) is 0 Å². The van der Waals surface area contributed by atoms with Crippen LogP contribution in [0.15, 0.2) is 12.3 Å². The van der Waals surface area contributed by atoms with Crippen LogP contribution >= 0.6 is 11.6 Å². The molecule has 6 heteroatoms. The van der Waals surface area contributed by atoms with E-state index in [0.29, 0.717) is 23.1 Å². The minimum absolute atomic E-state index is 0.0867. The van der Waals surface area contributed by atoms with Gasteiger partial charge in [-0.1, -0.05) is 11.6 Å². The van der Waals surface area contributed by atoms with Crippen LogP contribution in [0.2, 0.25) is 5.02 Å². The third-order valence-electron chi connectivity index (χ3n) is 2.37. The van der Waals surface area contributed by atoms with Crippen molar-refractivity contribution in [2.24, 2.45) is 0 Å². The number of pyridine rings is 1. The quantitative estimate of drug-likeness (QED) is 0.890. The maximum absolute atomic E-state index is 5.85. The number of halogens is 1. The molecule has 0 aliphatic carbocycles. The summed E-state index contributed by atoms with van der Waals surface area (Å²) in [7, 11) is 1.65. The van der Waals surface area contributed by atoms with Crippen molar-refractivity contribution in [3.63, 3.8) is 0 Å². The summed E-state index contributed by atoms with van der Waals surface area (Å²) in [5.41, 5.74) is 7.28. The maximum Gasteiger partial charge on any atom is 0.202 e. The molecule has 2 N–H and O–H groups in total. The topological polar surface area (TPSA) is 66.0 Å². The second-order valence-corrected chi connectivity index (χ2v) is 4.08. The number of rotatable bonds is 3. The molecule has 1 atom stereocenters. The number of hydrogen-bond acceptors (Lipinski definition) is 4. The molecule has 86 valence electrons. The Morgan fingerprint density at radius 1 is 1.62 bits per heavy atom. The first kappa shape index (κ1) is 11.2. The molecule has 16 heavy (non-hydrogen) atoms. The van der Waals surface area contributed by atoms with Crippen molar-refractivity contribution in [1.29, 1.82) is 0 Å². The summed E-state index contributed by atoms with van der Waals surface area (Å²) in [6.07, 6.45) is 1.58. The van der Waals surface area contributed by atoms with Crippen molar-refractivity contribution >= 4 is 28.7 Å². The van der Waals surface area contributed by atoms with Gasteiger partial charge in [-0.15, -0.1) is 0 Å². The van der Waals surface area contributed by atoms with Crippen LogP contribution in [0.4, 0.5) is 5.95 Å². The molecule has 0 spiro atoms. The lowest BCUT2D eigenvalue weighted by Gasteiger charge is -2.13. The molecule has 2 heterocycles. The van der Waals surface area contributed by atoms with Gasteiger partial charge in [0.05, 0.1) is 17.7 Å². The van der Waals surface area contributed by atoms with Gasteiger partial charge in [-0.25, -0.2) is 9.97 Å². The standard InChI is InChI=1S/C10H13ClN4O/c1-6(5-16-2)15-9-8(14-10(15)12)3-7(11)4-13-9/h3-4,6H,5H2,1-2H3,(H2,12,14). The largest absolute Gasteiger partial charge is 0.383 e. The molecule has 0 aliphatic rings. The predicted octanol–water partition coefficient (Wildman–Crippen LogP) is 1.87. The molecule has 5 nitrogen and oxygen atoms in total. The fourth-order valence-corrected chi connectivity index (χ4v) is 1.88. The van der Waals surface area contributed by atoms with E-state index in [0.717, 1.165) is 5.65 Å². The summed E-state index contributed by atoms with van der Waals surface area (Å²) in [5, 5.41) is 0.552. The van der Waals surface area contributed by atoms with Gasteiger partial charge in [0, 0.05) is 13.3 Å². The Labute approximate surface area is 98.2 Å². The molecule has 0 amide bonds. The van der Waals surface area contributed by atoms with E-state index in [-0.39, 0.29) is 6.04 Å². The van der Waals surface area contributed by atoms with Crippen molar-refractivity contribution in [3.8, 4) is 0 Å². The van der Waals surface area contributed by atoms with E-state index in [4.69, 9.17) is 22.1 Å². The molecule has 0 radical (unpaired) electrons. The van der Waals surface area contributed by atoms with Crippen LogP contribution in [0.3, 0.4) is 0 Å². The molecule has 2 aromatic rings. The van der Waals surface area contributed by atoms with Gasteiger partial charge >= 0.3 is 0 Å². The summed E-state index contributed by atoms with van der Waals surface area (Å²) in [4.78, 5) is 8.45. The Balaban J connectivity index is 2.55. The maximum atomic E-state index is 5.85. The smallest absolute Gasteiger partial charge is 0.202 e. The van der Waals surface area contributed by atoms with Gasteiger partial charge in [0.2, 0.25) is 5.95 Å². The first-order valence-corrected chi connectivity index (χ1v) is 5.29. The van der Waals surface area contributed by atoms with Gasteiger partial charge in [0.25, 0.3) is 0 Å². The van der Waals surface area contributed by atoms with E-state index in [1.54, 1.807) is 19.4 Å². The van der Waals surface area contributed by atoms with Gasteiger partial charge in [0.15, 0.2) is 5.65 Å². The van der Waals surface area contributed by atoms with Gasteiger partial charge < -0.3 is 10.5 Å². The van der Waals surface area contributed by atoms with E-state index in [9.17, 15) is 0 Å². The summed E-state index contributed by atoms with van der Waals surface area (Å²) in [6, 6.07) is 1.83. The highest BCUT2D eigenvalue weighted by Crippen LogP contribution is 2.23. The minimum atomic E-state index is 0.0867. The van der Waals surface area contributed by atoms with E-state index < -0.39 is 0 Å². The van der Waals surface area contributed by atoms with E-state index in [2.05, 4.69) is 9.97 Å². The monoisotopic (exact) mass is 240 g/mol. The second kappa shape index (κ2) is 4.27. The molecule has 2 aromatic heterocycles. The first-order chi connectivity index (χ1) is 7.63. The highest BCUT2D eigenvalue weighted by atomic mass is 35.5. The van der Waals surface area contributed by atoms with Crippen LogP contribution in [-0.2, 0) is 4.74 Å². The highest BCUT2D eigenvalue weighted by molar-refractivity contribution is 6.31. The Hall–Kier alpha value is -1.33. The van der Waals surface area contributed by atoms with Crippen molar-refractivity contribution in [2.45, 2.75) is 13.0 Å². The normalized spacial score (nSPS) is 13.2. The number of anilines is 1. The number of hydrogen-bond donors (Lipinski definition) is 1. The third-order valence-corrected chi connectivity index (χ3v) is 2.58. The molecule has 1 unspecified atom stereocenters. The zero-order chi connectivity index (χ0) is 11.7. The van der Waals surface area contributed by atoms with Gasteiger partial charge in [0.1, 0.15) is 5.52 Å². The molecular formula is C10H13ClN4O. The van der Waals surface area contributed by atoms with E-state index in [1.165, 1.54) is 0 Å².